The van der Waals surface area contributed by atoms with E-state index in [9.17, 15) is 9.90 Å². The smallest absolute Gasteiger partial charge is 0.226 e. The number of carbonyl (C=O) groups excluding carboxylic acids is 1. The van der Waals surface area contributed by atoms with Crippen LogP contribution in [0.4, 0.5) is 0 Å². The van der Waals surface area contributed by atoms with Gasteiger partial charge in [-0.05, 0) is 30.5 Å². The molecule has 1 aromatic carbocycles. The Labute approximate surface area is 131 Å². The molecule has 0 bridgehead atoms. The highest BCUT2D eigenvalue weighted by Gasteiger charge is 2.34. The van der Waals surface area contributed by atoms with Gasteiger partial charge in [0, 0.05) is 13.1 Å². The number of carbonyl (C=O) groups is 1. The summed E-state index contributed by atoms with van der Waals surface area (Å²) in [6, 6.07) is 9.34. The first-order valence-corrected chi connectivity index (χ1v) is 7.66. The van der Waals surface area contributed by atoms with E-state index in [0.29, 0.717) is 31.5 Å². The number of aliphatic hydroxyl groups is 1. The molecular weight excluding hydrogens is 276 g/mol. The molecule has 1 aliphatic rings. The lowest BCUT2D eigenvalue weighted by Crippen LogP contribution is -2.37. The second-order valence-corrected chi connectivity index (χ2v) is 5.98. The molecule has 0 unspecified atom stereocenters. The second kappa shape index (κ2) is 7.24. The number of nitrogens with zero attached hydrogens (tertiary/aromatic N) is 2. The standard InChI is InChI=1S/C18H22N2O2/c1-2-10-20(14-16-7-5-6-15(11-16)13-19)17(21)12-18(22)8-3-4-9-18/h2,5-7,11,22H,1,3-4,8-10,12,14H2. The van der Waals surface area contributed by atoms with Gasteiger partial charge >= 0.3 is 0 Å². The van der Waals surface area contributed by atoms with Crippen molar-refractivity contribution in [2.45, 2.75) is 44.2 Å². The lowest BCUT2D eigenvalue weighted by molar-refractivity contribution is -0.136. The van der Waals surface area contributed by atoms with Crippen molar-refractivity contribution < 1.29 is 9.90 Å². The summed E-state index contributed by atoms with van der Waals surface area (Å²) in [7, 11) is 0. The van der Waals surface area contributed by atoms with E-state index in [1.807, 2.05) is 12.1 Å². The highest BCUT2D eigenvalue weighted by atomic mass is 16.3. The minimum absolute atomic E-state index is 0.0633. The van der Waals surface area contributed by atoms with Crippen molar-refractivity contribution in [1.82, 2.24) is 4.90 Å². The highest BCUT2D eigenvalue weighted by Crippen LogP contribution is 2.32. The Morgan fingerprint density at radius 1 is 1.45 bits per heavy atom. The first-order chi connectivity index (χ1) is 10.6. The molecule has 0 radical (unpaired) electrons. The average Bonchev–Trinajstić information content (AvgIpc) is 2.93. The SMILES string of the molecule is C=CCN(Cc1cccc(C#N)c1)C(=O)CC1(O)CCCC1. The summed E-state index contributed by atoms with van der Waals surface area (Å²) in [6.45, 7) is 4.56. The summed E-state index contributed by atoms with van der Waals surface area (Å²) in [4.78, 5) is 14.2. The molecule has 1 aliphatic carbocycles. The minimum atomic E-state index is -0.842. The second-order valence-electron chi connectivity index (χ2n) is 5.98. The molecule has 116 valence electrons. The van der Waals surface area contributed by atoms with Gasteiger partial charge in [-0.2, -0.15) is 5.26 Å². The summed E-state index contributed by atoms with van der Waals surface area (Å²) < 4.78 is 0. The number of hydrogen-bond acceptors (Lipinski definition) is 3. The third-order valence-electron chi connectivity index (χ3n) is 4.15. The molecule has 0 spiro atoms. The van der Waals surface area contributed by atoms with Crippen LogP contribution in [0, 0.1) is 11.3 Å². The molecule has 1 saturated carbocycles. The molecule has 0 heterocycles. The van der Waals surface area contributed by atoms with Gasteiger partial charge in [-0.3, -0.25) is 4.79 Å². The van der Waals surface area contributed by atoms with Crippen LogP contribution in [0.1, 0.15) is 43.2 Å². The lowest BCUT2D eigenvalue weighted by Gasteiger charge is -2.27. The van der Waals surface area contributed by atoms with Gasteiger partial charge in [-0.1, -0.05) is 31.1 Å². The third-order valence-corrected chi connectivity index (χ3v) is 4.15. The topological polar surface area (TPSA) is 64.3 Å². The number of benzene rings is 1. The van der Waals surface area contributed by atoms with Crippen LogP contribution in [0.2, 0.25) is 0 Å². The van der Waals surface area contributed by atoms with Crippen molar-refractivity contribution in [3.05, 3.63) is 48.0 Å². The maximum atomic E-state index is 12.5. The Bertz CT molecular complexity index is 583. The summed E-state index contributed by atoms with van der Waals surface area (Å²) >= 11 is 0. The van der Waals surface area contributed by atoms with Gasteiger partial charge < -0.3 is 10.0 Å². The largest absolute Gasteiger partial charge is 0.389 e. The van der Waals surface area contributed by atoms with Crippen LogP contribution in [0.25, 0.3) is 0 Å². The molecule has 22 heavy (non-hydrogen) atoms. The molecule has 1 amide bonds. The number of amides is 1. The van der Waals surface area contributed by atoms with Crippen molar-refractivity contribution in [1.29, 1.82) is 5.26 Å². The first kappa shape index (κ1) is 16.3. The maximum Gasteiger partial charge on any atom is 0.226 e. The quantitative estimate of drug-likeness (QED) is 0.821. The molecule has 2 rings (SSSR count). The molecular formula is C18H22N2O2. The average molecular weight is 298 g/mol. The van der Waals surface area contributed by atoms with E-state index < -0.39 is 5.60 Å². The summed E-state index contributed by atoms with van der Waals surface area (Å²) in [6.07, 6.45) is 5.21. The molecule has 0 atom stereocenters. The number of hydrogen-bond donors (Lipinski definition) is 1. The van der Waals surface area contributed by atoms with Gasteiger partial charge in [0.1, 0.15) is 0 Å². The molecule has 1 N–H and O–H groups in total. The first-order valence-electron chi connectivity index (χ1n) is 7.66. The van der Waals surface area contributed by atoms with Gasteiger partial charge in [0.2, 0.25) is 5.91 Å². The van der Waals surface area contributed by atoms with Crippen molar-refractivity contribution in [2.24, 2.45) is 0 Å². The van der Waals surface area contributed by atoms with Gasteiger partial charge in [0.15, 0.2) is 0 Å². The van der Waals surface area contributed by atoms with Gasteiger partial charge in [0.25, 0.3) is 0 Å². The molecule has 4 nitrogen and oxygen atoms in total. The number of rotatable bonds is 6. The zero-order valence-corrected chi connectivity index (χ0v) is 12.8. The highest BCUT2D eigenvalue weighted by molar-refractivity contribution is 5.77. The van der Waals surface area contributed by atoms with Crippen molar-refractivity contribution in [3.8, 4) is 6.07 Å². The normalized spacial score (nSPS) is 16.0. The number of nitriles is 1. The van der Waals surface area contributed by atoms with Crippen molar-refractivity contribution in [2.75, 3.05) is 6.54 Å². The van der Waals surface area contributed by atoms with Crippen LogP contribution in [0.3, 0.4) is 0 Å². The van der Waals surface area contributed by atoms with Crippen molar-refractivity contribution in [3.63, 3.8) is 0 Å². The zero-order valence-electron chi connectivity index (χ0n) is 12.8. The van der Waals surface area contributed by atoms with Crippen LogP contribution in [0.5, 0.6) is 0 Å². The van der Waals surface area contributed by atoms with Gasteiger partial charge in [-0.25, -0.2) is 0 Å². The van der Waals surface area contributed by atoms with Gasteiger partial charge in [-0.15, -0.1) is 6.58 Å². The third kappa shape index (κ3) is 4.19. The van der Waals surface area contributed by atoms with Crippen LogP contribution >= 0.6 is 0 Å². The Morgan fingerprint density at radius 3 is 2.82 bits per heavy atom. The van der Waals surface area contributed by atoms with Crippen LogP contribution in [-0.2, 0) is 11.3 Å². The van der Waals surface area contributed by atoms with E-state index in [1.165, 1.54) is 0 Å². The summed E-state index contributed by atoms with van der Waals surface area (Å²) in [5.41, 5.74) is 0.649. The van der Waals surface area contributed by atoms with E-state index in [2.05, 4.69) is 12.6 Å². The van der Waals surface area contributed by atoms with Crippen LogP contribution in [0.15, 0.2) is 36.9 Å². The molecule has 0 aromatic heterocycles. The predicted octanol–water partition coefficient (Wildman–Crippen LogP) is 2.77. The van der Waals surface area contributed by atoms with E-state index in [0.717, 1.165) is 18.4 Å². The fraction of sp³-hybridized carbons (Fsp3) is 0.444. The molecule has 4 heteroatoms. The van der Waals surface area contributed by atoms with Gasteiger partial charge in [0.05, 0.1) is 23.7 Å². The van der Waals surface area contributed by atoms with E-state index in [1.54, 1.807) is 23.1 Å². The zero-order chi connectivity index (χ0) is 16.0. The molecule has 1 fully saturated rings. The van der Waals surface area contributed by atoms with Crippen molar-refractivity contribution >= 4 is 5.91 Å². The fourth-order valence-electron chi connectivity index (χ4n) is 2.97. The Hall–Kier alpha value is -2.12. The monoisotopic (exact) mass is 298 g/mol. The van der Waals surface area contributed by atoms with E-state index >= 15 is 0 Å². The van der Waals surface area contributed by atoms with Crippen LogP contribution < -0.4 is 0 Å². The lowest BCUT2D eigenvalue weighted by atomic mass is 9.97. The summed E-state index contributed by atoms with van der Waals surface area (Å²) in [5, 5.41) is 19.4. The molecule has 1 aromatic rings. The predicted molar refractivity (Wildman–Crippen MR) is 84.8 cm³/mol. The molecule has 0 saturated heterocycles. The molecule has 0 aliphatic heterocycles. The van der Waals surface area contributed by atoms with E-state index in [-0.39, 0.29) is 12.3 Å². The minimum Gasteiger partial charge on any atom is -0.389 e. The maximum absolute atomic E-state index is 12.5. The van der Waals surface area contributed by atoms with Crippen LogP contribution in [-0.4, -0.2) is 28.1 Å². The fourth-order valence-corrected chi connectivity index (χ4v) is 2.97. The summed E-state index contributed by atoms with van der Waals surface area (Å²) in [5.74, 6) is -0.0633. The Kier molecular flexibility index (Phi) is 5.35. The Morgan fingerprint density at radius 2 is 2.18 bits per heavy atom. The van der Waals surface area contributed by atoms with E-state index in [4.69, 9.17) is 5.26 Å². The Balaban J connectivity index is 2.06.